The largest absolute Gasteiger partial charge is 0.482 e. The van der Waals surface area contributed by atoms with Crippen molar-refractivity contribution < 1.29 is 19.1 Å². The molecular weight excluding hydrogens is 342 g/mol. The fourth-order valence-corrected chi connectivity index (χ4v) is 2.85. The van der Waals surface area contributed by atoms with Crippen LogP contribution in [0.15, 0.2) is 47.9 Å². The number of benzene rings is 1. The lowest BCUT2D eigenvalue weighted by Gasteiger charge is -2.28. The summed E-state index contributed by atoms with van der Waals surface area (Å²) in [6, 6.07) is 10.7. The number of fused-ring (bicyclic) bond motifs is 1. The van der Waals surface area contributed by atoms with E-state index in [4.69, 9.17) is 4.74 Å². The Kier molecular flexibility index (Phi) is 5.10. The molecule has 0 saturated heterocycles. The third-order valence-corrected chi connectivity index (χ3v) is 4.21. The Morgan fingerprint density at radius 1 is 1.20 bits per heavy atom. The van der Waals surface area contributed by atoms with Gasteiger partial charge >= 0.3 is 0 Å². The Morgan fingerprint density at radius 3 is 2.84 bits per heavy atom. The number of nitrogens with zero attached hydrogens (tertiary/aromatic N) is 1. The lowest BCUT2D eigenvalue weighted by molar-refractivity contribution is -0.127. The molecule has 7 nitrogen and oxygen atoms in total. The van der Waals surface area contributed by atoms with Gasteiger partial charge in [0.05, 0.1) is 5.69 Å². The summed E-state index contributed by atoms with van der Waals surface area (Å²) < 4.78 is 5.31. The topological polar surface area (TPSA) is 87.7 Å². The molecule has 0 spiro atoms. The SMILES string of the molecule is O=C(/C=C/c1cccs1)NNC(=O)CN1C(=O)COc2ccccc21. The number of rotatable bonds is 4. The summed E-state index contributed by atoms with van der Waals surface area (Å²) in [6.07, 6.45) is 2.97. The van der Waals surface area contributed by atoms with Crippen molar-refractivity contribution in [3.8, 4) is 5.75 Å². The maximum absolute atomic E-state index is 12.0. The van der Waals surface area contributed by atoms with Crippen LogP contribution < -0.4 is 20.5 Å². The molecule has 1 aromatic carbocycles. The van der Waals surface area contributed by atoms with Gasteiger partial charge in [-0.3, -0.25) is 30.1 Å². The summed E-state index contributed by atoms with van der Waals surface area (Å²) in [5.41, 5.74) is 5.10. The van der Waals surface area contributed by atoms with E-state index >= 15 is 0 Å². The van der Waals surface area contributed by atoms with Gasteiger partial charge in [0, 0.05) is 11.0 Å². The van der Waals surface area contributed by atoms with Gasteiger partial charge in [0.2, 0.25) is 0 Å². The second-order valence-corrected chi connectivity index (χ2v) is 6.10. The van der Waals surface area contributed by atoms with Gasteiger partial charge in [-0.25, -0.2) is 0 Å². The molecule has 1 aliphatic rings. The average Bonchev–Trinajstić information content (AvgIpc) is 3.14. The van der Waals surface area contributed by atoms with E-state index in [1.54, 1.807) is 30.3 Å². The number of nitrogens with one attached hydrogen (secondary N) is 2. The fraction of sp³-hybridized carbons (Fsp3) is 0.118. The molecule has 1 aliphatic heterocycles. The van der Waals surface area contributed by atoms with Crippen LogP contribution >= 0.6 is 11.3 Å². The quantitative estimate of drug-likeness (QED) is 0.638. The fourth-order valence-electron chi connectivity index (χ4n) is 2.23. The van der Waals surface area contributed by atoms with Crippen molar-refractivity contribution >= 4 is 40.8 Å². The van der Waals surface area contributed by atoms with Crippen molar-refractivity contribution in [1.82, 2.24) is 10.9 Å². The van der Waals surface area contributed by atoms with Crippen molar-refractivity contribution in [2.24, 2.45) is 0 Å². The standard InChI is InChI=1S/C17H15N3O4S/c21-15(8-7-12-4-3-9-25-12)18-19-16(22)10-20-13-5-1-2-6-14(13)24-11-17(20)23/h1-9H,10-11H2,(H,18,21)(H,19,22)/b8-7+. The zero-order valence-corrected chi connectivity index (χ0v) is 13.9. The van der Waals surface area contributed by atoms with Crippen LogP contribution in [0.4, 0.5) is 5.69 Å². The first-order valence-corrected chi connectivity index (χ1v) is 8.34. The van der Waals surface area contributed by atoms with Crippen LogP contribution in [0.2, 0.25) is 0 Å². The Morgan fingerprint density at radius 2 is 2.04 bits per heavy atom. The maximum Gasteiger partial charge on any atom is 0.265 e. The van der Waals surface area contributed by atoms with E-state index in [0.29, 0.717) is 11.4 Å². The van der Waals surface area contributed by atoms with Gasteiger partial charge in [-0.1, -0.05) is 18.2 Å². The molecule has 0 fully saturated rings. The first-order valence-electron chi connectivity index (χ1n) is 7.46. The number of amides is 3. The van der Waals surface area contributed by atoms with Gasteiger partial charge in [0.1, 0.15) is 12.3 Å². The first kappa shape index (κ1) is 16.7. The highest BCUT2D eigenvalue weighted by molar-refractivity contribution is 7.10. The molecule has 0 aliphatic carbocycles. The molecule has 128 valence electrons. The lowest BCUT2D eigenvalue weighted by atomic mass is 10.2. The average molecular weight is 357 g/mol. The number of thiophene rings is 1. The van der Waals surface area contributed by atoms with Crippen LogP contribution in [0.5, 0.6) is 5.75 Å². The minimum absolute atomic E-state index is 0.125. The molecule has 2 N–H and O–H groups in total. The summed E-state index contributed by atoms with van der Waals surface area (Å²) in [6.45, 7) is -0.339. The zero-order valence-electron chi connectivity index (χ0n) is 13.1. The highest BCUT2D eigenvalue weighted by Crippen LogP contribution is 2.30. The van der Waals surface area contributed by atoms with E-state index in [-0.39, 0.29) is 19.1 Å². The predicted molar refractivity (Wildman–Crippen MR) is 93.9 cm³/mol. The van der Waals surface area contributed by atoms with E-state index in [2.05, 4.69) is 10.9 Å². The summed E-state index contributed by atoms with van der Waals surface area (Å²) in [5.74, 6) is -0.756. The van der Waals surface area contributed by atoms with Crippen molar-refractivity contribution in [2.45, 2.75) is 0 Å². The molecule has 0 atom stereocenters. The second kappa shape index (κ2) is 7.63. The van der Waals surface area contributed by atoms with E-state index in [0.717, 1.165) is 4.88 Å². The Labute approximate surface area is 147 Å². The van der Waals surface area contributed by atoms with Crippen molar-refractivity contribution in [3.63, 3.8) is 0 Å². The molecule has 3 rings (SSSR count). The Bertz CT molecular complexity index is 817. The molecule has 0 saturated carbocycles. The van der Waals surface area contributed by atoms with E-state index in [1.807, 2.05) is 17.5 Å². The van der Waals surface area contributed by atoms with Gasteiger partial charge in [0.15, 0.2) is 6.61 Å². The zero-order chi connectivity index (χ0) is 17.6. The van der Waals surface area contributed by atoms with Gasteiger partial charge in [-0.2, -0.15) is 0 Å². The number of para-hydroxylation sites is 2. The molecule has 2 heterocycles. The number of ether oxygens (including phenoxy) is 1. The van der Waals surface area contributed by atoms with E-state index < -0.39 is 11.8 Å². The second-order valence-electron chi connectivity index (χ2n) is 5.12. The van der Waals surface area contributed by atoms with Crippen LogP contribution in [-0.2, 0) is 14.4 Å². The molecule has 0 unspecified atom stereocenters. The van der Waals surface area contributed by atoms with Crippen molar-refractivity contribution in [1.29, 1.82) is 0 Å². The molecule has 25 heavy (non-hydrogen) atoms. The number of hydrogen-bond donors (Lipinski definition) is 2. The number of carbonyl (C=O) groups excluding carboxylic acids is 3. The van der Waals surface area contributed by atoms with Crippen LogP contribution in [0, 0.1) is 0 Å². The van der Waals surface area contributed by atoms with Crippen LogP contribution in [-0.4, -0.2) is 30.9 Å². The third-order valence-electron chi connectivity index (χ3n) is 3.38. The Balaban J connectivity index is 1.54. The van der Waals surface area contributed by atoms with Crippen LogP contribution in [0.25, 0.3) is 6.08 Å². The van der Waals surface area contributed by atoms with Crippen LogP contribution in [0.3, 0.4) is 0 Å². The van der Waals surface area contributed by atoms with Gasteiger partial charge in [-0.05, 0) is 29.7 Å². The van der Waals surface area contributed by atoms with Gasteiger partial charge in [0.25, 0.3) is 17.7 Å². The van der Waals surface area contributed by atoms with E-state index in [9.17, 15) is 14.4 Å². The number of carbonyl (C=O) groups is 3. The monoisotopic (exact) mass is 357 g/mol. The molecular formula is C17H15N3O4S. The minimum Gasteiger partial charge on any atom is -0.482 e. The molecule has 1 aromatic heterocycles. The van der Waals surface area contributed by atoms with Crippen molar-refractivity contribution in [3.05, 3.63) is 52.7 Å². The predicted octanol–water partition coefficient (Wildman–Crippen LogP) is 1.33. The number of anilines is 1. The minimum atomic E-state index is -0.511. The summed E-state index contributed by atoms with van der Waals surface area (Å²) in [4.78, 5) is 37.9. The molecule has 3 amide bonds. The maximum atomic E-state index is 12.0. The molecule has 2 aromatic rings. The van der Waals surface area contributed by atoms with Crippen molar-refractivity contribution in [2.75, 3.05) is 18.1 Å². The summed E-state index contributed by atoms with van der Waals surface area (Å²) >= 11 is 1.50. The molecule has 8 heteroatoms. The van der Waals surface area contributed by atoms with Gasteiger partial charge < -0.3 is 4.74 Å². The van der Waals surface area contributed by atoms with Gasteiger partial charge in [-0.15, -0.1) is 11.3 Å². The third kappa shape index (κ3) is 4.24. The van der Waals surface area contributed by atoms with E-state index in [1.165, 1.54) is 22.3 Å². The lowest BCUT2D eigenvalue weighted by Crippen LogP contribution is -2.49. The highest BCUT2D eigenvalue weighted by Gasteiger charge is 2.26. The highest BCUT2D eigenvalue weighted by atomic mass is 32.1. The molecule has 0 bridgehead atoms. The summed E-state index contributed by atoms with van der Waals surface area (Å²) in [5, 5.41) is 1.90. The summed E-state index contributed by atoms with van der Waals surface area (Å²) in [7, 11) is 0. The first-order chi connectivity index (χ1) is 12.1. The van der Waals surface area contributed by atoms with Crippen LogP contribution in [0.1, 0.15) is 4.88 Å². The smallest absolute Gasteiger partial charge is 0.265 e. The number of hydrazine groups is 1. The molecule has 0 radical (unpaired) electrons. The Hall–Kier alpha value is -3.13. The normalized spacial score (nSPS) is 13.3. The number of hydrogen-bond acceptors (Lipinski definition) is 5.